The normalized spacial score (nSPS) is 18.1. The van der Waals surface area contributed by atoms with Crippen LogP contribution >= 0.6 is 11.6 Å². The molecule has 54 valence electrons. The molecule has 0 amide bonds. The van der Waals surface area contributed by atoms with Crippen LogP contribution in [-0.4, -0.2) is 28.0 Å². The summed E-state index contributed by atoms with van der Waals surface area (Å²) < 4.78 is 0. The number of aliphatic hydroxyl groups is 1. The van der Waals surface area contributed by atoms with Crippen molar-refractivity contribution in [3.8, 4) is 0 Å². The van der Waals surface area contributed by atoms with Crippen LogP contribution in [0.3, 0.4) is 0 Å². The Morgan fingerprint density at radius 1 is 1.78 bits per heavy atom. The molecule has 0 saturated carbocycles. The number of halogens is 1. The molecule has 3 nitrogen and oxygen atoms in total. The van der Waals surface area contributed by atoms with E-state index in [1.165, 1.54) is 6.21 Å². The minimum atomic E-state index is -0.951. The molecule has 0 aliphatic carbocycles. The minimum Gasteiger partial charge on any atom is -0.411 e. The van der Waals surface area contributed by atoms with Crippen molar-refractivity contribution in [1.82, 2.24) is 0 Å². The third kappa shape index (κ3) is 4.24. The van der Waals surface area contributed by atoms with E-state index in [0.29, 0.717) is 0 Å². The van der Waals surface area contributed by atoms with Crippen molar-refractivity contribution in [2.45, 2.75) is 18.9 Å². The molecule has 0 spiro atoms. The van der Waals surface area contributed by atoms with Gasteiger partial charge in [-0.25, -0.2) is 0 Å². The van der Waals surface area contributed by atoms with Crippen LogP contribution in [0, 0.1) is 0 Å². The van der Waals surface area contributed by atoms with Gasteiger partial charge in [-0.3, -0.25) is 0 Å². The van der Waals surface area contributed by atoms with Gasteiger partial charge in [0.15, 0.2) is 0 Å². The zero-order valence-corrected chi connectivity index (χ0v) is 5.97. The largest absolute Gasteiger partial charge is 0.411 e. The van der Waals surface area contributed by atoms with E-state index in [9.17, 15) is 0 Å². The molecule has 0 aliphatic heterocycles. The van der Waals surface area contributed by atoms with Crippen molar-refractivity contribution in [3.05, 3.63) is 0 Å². The van der Waals surface area contributed by atoms with Gasteiger partial charge >= 0.3 is 0 Å². The first-order chi connectivity index (χ1) is 4.12. The number of rotatable bonds is 3. The molecule has 0 aliphatic rings. The molecule has 9 heavy (non-hydrogen) atoms. The summed E-state index contributed by atoms with van der Waals surface area (Å²) >= 11 is 5.34. The first-order valence-electron chi connectivity index (χ1n) is 2.56. The van der Waals surface area contributed by atoms with Crippen molar-refractivity contribution in [2.75, 3.05) is 5.88 Å². The zero-order valence-electron chi connectivity index (χ0n) is 5.21. The number of alkyl halides is 1. The van der Waals surface area contributed by atoms with Gasteiger partial charge in [-0.2, -0.15) is 0 Å². The summed E-state index contributed by atoms with van der Waals surface area (Å²) in [6.07, 6.45) is 1.48. The molecular weight excluding hydrogens is 142 g/mol. The lowest BCUT2D eigenvalue weighted by atomic mass is 10.1. The topological polar surface area (TPSA) is 52.8 Å². The summed E-state index contributed by atoms with van der Waals surface area (Å²) in [7, 11) is 0. The lowest BCUT2D eigenvalue weighted by molar-refractivity contribution is 0.0925. The van der Waals surface area contributed by atoms with Gasteiger partial charge in [-0.15, -0.1) is 16.8 Å². The Morgan fingerprint density at radius 2 is 2.33 bits per heavy atom. The van der Waals surface area contributed by atoms with Gasteiger partial charge in [-0.05, 0) is 6.92 Å². The van der Waals surface area contributed by atoms with Crippen LogP contribution < -0.4 is 0 Å². The van der Waals surface area contributed by atoms with Crippen LogP contribution in [0.15, 0.2) is 5.16 Å². The molecule has 0 bridgehead atoms. The van der Waals surface area contributed by atoms with Crippen molar-refractivity contribution >= 4 is 17.8 Å². The maximum atomic E-state index is 9.12. The third-order valence-corrected chi connectivity index (χ3v) is 1.48. The zero-order chi connectivity index (χ0) is 7.33. The third-order valence-electron chi connectivity index (χ3n) is 0.901. The highest BCUT2D eigenvalue weighted by Crippen LogP contribution is 2.08. The highest BCUT2D eigenvalue weighted by molar-refractivity contribution is 6.18. The Kier molecular flexibility index (Phi) is 3.58. The Hall–Kier alpha value is -0.280. The minimum absolute atomic E-state index is 0.138. The van der Waals surface area contributed by atoms with Crippen molar-refractivity contribution in [3.63, 3.8) is 0 Å². The van der Waals surface area contributed by atoms with E-state index < -0.39 is 5.60 Å². The first kappa shape index (κ1) is 8.72. The number of oxime groups is 1. The van der Waals surface area contributed by atoms with Gasteiger partial charge < -0.3 is 10.3 Å². The molecule has 0 aromatic carbocycles. The van der Waals surface area contributed by atoms with Crippen LogP contribution in [0.2, 0.25) is 0 Å². The number of hydrogen-bond acceptors (Lipinski definition) is 3. The molecule has 1 atom stereocenters. The Balaban J connectivity index is 3.58. The smallest absolute Gasteiger partial charge is 0.0804 e. The Labute approximate surface area is 58.9 Å². The average Bonchev–Trinajstić information content (AvgIpc) is 1.84. The van der Waals surface area contributed by atoms with Crippen LogP contribution in [-0.2, 0) is 0 Å². The summed E-state index contributed by atoms with van der Waals surface area (Å²) in [5, 5.41) is 19.8. The van der Waals surface area contributed by atoms with E-state index in [-0.39, 0.29) is 12.3 Å². The number of nitrogens with zero attached hydrogens (tertiary/aromatic N) is 1. The predicted molar refractivity (Wildman–Crippen MR) is 36.2 cm³/mol. The van der Waals surface area contributed by atoms with Gasteiger partial charge in [0, 0.05) is 12.6 Å². The van der Waals surface area contributed by atoms with Gasteiger partial charge in [-0.1, -0.05) is 0 Å². The van der Waals surface area contributed by atoms with E-state index in [1.807, 2.05) is 0 Å². The molecule has 4 heteroatoms. The summed E-state index contributed by atoms with van der Waals surface area (Å²) in [6, 6.07) is 0. The Bertz CT molecular complexity index is 103. The van der Waals surface area contributed by atoms with E-state index in [0.717, 1.165) is 0 Å². The van der Waals surface area contributed by atoms with Crippen LogP contribution in [0.5, 0.6) is 0 Å². The molecule has 0 aromatic rings. The summed E-state index contributed by atoms with van der Waals surface area (Å²) in [4.78, 5) is 0. The summed E-state index contributed by atoms with van der Waals surface area (Å²) in [5.41, 5.74) is -0.951. The number of hydrogen-bond donors (Lipinski definition) is 2. The highest BCUT2D eigenvalue weighted by atomic mass is 35.5. The van der Waals surface area contributed by atoms with E-state index in [1.54, 1.807) is 6.92 Å². The van der Waals surface area contributed by atoms with Gasteiger partial charge in [0.05, 0.1) is 11.5 Å². The van der Waals surface area contributed by atoms with Gasteiger partial charge in [0.2, 0.25) is 0 Å². The second-order valence-corrected chi connectivity index (χ2v) is 2.40. The SMILES string of the molecule is CC(O)(CCl)CC=NO. The molecule has 0 radical (unpaired) electrons. The van der Waals surface area contributed by atoms with Crippen LogP contribution in [0.1, 0.15) is 13.3 Å². The predicted octanol–water partition coefficient (Wildman–Crippen LogP) is 0.826. The second kappa shape index (κ2) is 3.69. The van der Waals surface area contributed by atoms with Gasteiger partial charge in [0.25, 0.3) is 0 Å². The molecule has 0 fully saturated rings. The molecule has 1 unspecified atom stereocenters. The fourth-order valence-electron chi connectivity index (χ4n) is 0.292. The molecule has 0 rings (SSSR count). The van der Waals surface area contributed by atoms with Crippen LogP contribution in [0.4, 0.5) is 0 Å². The molecule has 0 saturated heterocycles. The lowest BCUT2D eigenvalue weighted by Gasteiger charge is -2.15. The first-order valence-corrected chi connectivity index (χ1v) is 3.10. The molecular formula is C5H10ClNO2. The maximum Gasteiger partial charge on any atom is 0.0804 e. The average molecular weight is 152 g/mol. The van der Waals surface area contributed by atoms with Crippen molar-refractivity contribution in [2.24, 2.45) is 5.16 Å². The maximum absolute atomic E-state index is 9.12. The quantitative estimate of drug-likeness (QED) is 0.272. The molecule has 0 aromatic heterocycles. The monoisotopic (exact) mass is 151 g/mol. The van der Waals surface area contributed by atoms with E-state index in [4.69, 9.17) is 21.9 Å². The van der Waals surface area contributed by atoms with Crippen molar-refractivity contribution < 1.29 is 10.3 Å². The molecule has 2 N–H and O–H groups in total. The Morgan fingerprint density at radius 3 is 2.67 bits per heavy atom. The summed E-state index contributed by atoms with van der Waals surface area (Å²) in [5.74, 6) is 0.138. The van der Waals surface area contributed by atoms with E-state index >= 15 is 0 Å². The molecule has 0 heterocycles. The lowest BCUT2D eigenvalue weighted by Crippen LogP contribution is -2.26. The standard InChI is InChI=1S/C5H10ClNO2/c1-5(8,4-6)2-3-7-9/h3,8-9H,2,4H2,1H3. The van der Waals surface area contributed by atoms with Gasteiger partial charge in [0.1, 0.15) is 0 Å². The van der Waals surface area contributed by atoms with Crippen LogP contribution in [0.25, 0.3) is 0 Å². The fourth-order valence-corrected chi connectivity index (χ4v) is 0.401. The summed E-state index contributed by atoms with van der Waals surface area (Å²) in [6.45, 7) is 1.57. The van der Waals surface area contributed by atoms with Crippen molar-refractivity contribution in [1.29, 1.82) is 0 Å². The highest BCUT2D eigenvalue weighted by Gasteiger charge is 2.16. The van der Waals surface area contributed by atoms with E-state index in [2.05, 4.69) is 5.16 Å². The fraction of sp³-hybridized carbons (Fsp3) is 0.800. The second-order valence-electron chi connectivity index (χ2n) is 2.13.